The molecule has 1 saturated heterocycles. The molecule has 2 aromatic rings. The summed E-state index contributed by atoms with van der Waals surface area (Å²) in [5, 5.41) is 14.6. The minimum absolute atomic E-state index is 0.0630. The third kappa shape index (κ3) is 4.95. The molecule has 1 saturated carbocycles. The monoisotopic (exact) mass is 468 g/mol. The van der Waals surface area contributed by atoms with E-state index < -0.39 is 11.5 Å². The Morgan fingerprint density at radius 1 is 1.00 bits per heavy atom. The molecule has 1 aliphatic heterocycles. The molecule has 0 bridgehead atoms. The second-order valence-corrected chi connectivity index (χ2v) is 10.4. The summed E-state index contributed by atoms with van der Waals surface area (Å²) in [6.45, 7) is 4.53. The first-order chi connectivity index (χ1) is 15.8. The van der Waals surface area contributed by atoms with Crippen LogP contribution in [0.3, 0.4) is 0 Å². The Bertz CT molecular complexity index is 977. The van der Waals surface area contributed by atoms with Crippen molar-refractivity contribution in [3.63, 3.8) is 0 Å². The van der Waals surface area contributed by atoms with Crippen LogP contribution in [-0.2, 0) is 4.79 Å². The number of nitrogens with zero attached hydrogens (tertiary/aromatic N) is 1. The van der Waals surface area contributed by atoms with Crippen molar-refractivity contribution in [1.29, 1.82) is 0 Å². The molecule has 1 heterocycles. The first-order valence-electron chi connectivity index (χ1n) is 11.9. The minimum Gasteiger partial charge on any atom is -0.392 e. The molecule has 0 radical (unpaired) electrons. The van der Waals surface area contributed by atoms with Gasteiger partial charge in [-0.2, -0.15) is 0 Å². The van der Waals surface area contributed by atoms with Gasteiger partial charge in [-0.3, -0.25) is 9.59 Å². The number of aliphatic hydroxyl groups excluding tert-OH is 1. The van der Waals surface area contributed by atoms with Crippen LogP contribution in [0.15, 0.2) is 54.6 Å². The van der Waals surface area contributed by atoms with Gasteiger partial charge in [0, 0.05) is 28.6 Å². The van der Waals surface area contributed by atoms with E-state index in [2.05, 4.69) is 5.32 Å². The van der Waals surface area contributed by atoms with Crippen LogP contribution in [-0.4, -0.2) is 40.5 Å². The summed E-state index contributed by atoms with van der Waals surface area (Å²) in [7, 11) is 0. The van der Waals surface area contributed by atoms with Gasteiger partial charge in [-0.05, 0) is 49.1 Å². The van der Waals surface area contributed by atoms with Crippen LogP contribution in [0, 0.1) is 11.3 Å². The molecule has 2 N–H and O–H groups in total. The molecule has 4 rings (SSSR count). The van der Waals surface area contributed by atoms with Crippen molar-refractivity contribution >= 4 is 23.4 Å². The standard InChI is InChI=1S/C27H33ClN2O3/c1-27(2)23(31)16-17-30(24(27)18-12-14-20(28)15-13-18)26(33)21-10-6-7-11-22(21)29-25(32)19-8-4-3-5-9-19/h3-5,8-9,12-15,21-24,31H,6-7,10-11,16-17H2,1-2H3,(H,29,32)/t21-,22+,23?,24?/m0/s1. The number of carbonyl (C=O) groups is 2. The average molecular weight is 469 g/mol. The summed E-state index contributed by atoms with van der Waals surface area (Å²) in [5.74, 6) is -0.343. The molecular formula is C27H33ClN2O3. The van der Waals surface area contributed by atoms with E-state index in [1.807, 2.05) is 61.2 Å². The number of aliphatic hydroxyl groups is 1. The summed E-state index contributed by atoms with van der Waals surface area (Å²) < 4.78 is 0. The third-order valence-corrected chi connectivity index (χ3v) is 7.68. The van der Waals surface area contributed by atoms with E-state index in [1.54, 1.807) is 12.1 Å². The van der Waals surface area contributed by atoms with Crippen LogP contribution in [0.25, 0.3) is 0 Å². The molecular weight excluding hydrogens is 436 g/mol. The number of rotatable bonds is 4. The van der Waals surface area contributed by atoms with Crippen LogP contribution in [0.2, 0.25) is 5.02 Å². The van der Waals surface area contributed by atoms with Gasteiger partial charge in [-0.1, -0.05) is 68.6 Å². The number of piperidine rings is 1. The van der Waals surface area contributed by atoms with E-state index in [-0.39, 0.29) is 29.8 Å². The Hall–Kier alpha value is -2.37. The number of hydrogen-bond acceptors (Lipinski definition) is 3. The molecule has 1 aliphatic carbocycles. The minimum atomic E-state index is -0.515. The van der Waals surface area contributed by atoms with Gasteiger partial charge in [0.05, 0.1) is 18.1 Å². The second kappa shape index (κ2) is 9.86. The van der Waals surface area contributed by atoms with E-state index in [0.29, 0.717) is 23.6 Å². The number of hydrogen-bond donors (Lipinski definition) is 2. The zero-order valence-electron chi connectivity index (χ0n) is 19.3. The SMILES string of the molecule is CC1(C)C(O)CCN(C(=O)[C@H]2CCCC[C@H]2NC(=O)c2ccccc2)C1c1ccc(Cl)cc1. The maximum absolute atomic E-state index is 14.0. The fraction of sp³-hybridized carbons (Fsp3) is 0.481. The first kappa shape index (κ1) is 23.8. The molecule has 2 fully saturated rings. The van der Waals surface area contributed by atoms with Crippen molar-refractivity contribution < 1.29 is 14.7 Å². The lowest BCUT2D eigenvalue weighted by atomic mass is 9.70. The highest BCUT2D eigenvalue weighted by molar-refractivity contribution is 6.30. The highest BCUT2D eigenvalue weighted by atomic mass is 35.5. The normalized spacial score (nSPS) is 27.1. The fourth-order valence-electron chi connectivity index (χ4n) is 5.49. The van der Waals surface area contributed by atoms with E-state index in [9.17, 15) is 14.7 Å². The lowest BCUT2D eigenvalue weighted by molar-refractivity contribution is -0.152. The Kier molecular flexibility index (Phi) is 7.10. The molecule has 0 aromatic heterocycles. The van der Waals surface area contributed by atoms with Gasteiger partial charge in [-0.15, -0.1) is 0 Å². The van der Waals surface area contributed by atoms with Crippen LogP contribution in [0.1, 0.15) is 67.9 Å². The van der Waals surface area contributed by atoms with Crippen molar-refractivity contribution in [2.24, 2.45) is 11.3 Å². The van der Waals surface area contributed by atoms with Gasteiger partial charge in [0.15, 0.2) is 0 Å². The van der Waals surface area contributed by atoms with Crippen LogP contribution in [0.4, 0.5) is 0 Å². The number of benzene rings is 2. The second-order valence-electron chi connectivity index (χ2n) is 9.95. The van der Waals surface area contributed by atoms with Gasteiger partial charge in [0.2, 0.25) is 5.91 Å². The predicted molar refractivity (Wildman–Crippen MR) is 130 cm³/mol. The fourth-order valence-corrected chi connectivity index (χ4v) is 5.62. The van der Waals surface area contributed by atoms with Gasteiger partial charge in [0.25, 0.3) is 5.91 Å². The van der Waals surface area contributed by atoms with Crippen molar-refractivity contribution in [1.82, 2.24) is 10.2 Å². The van der Waals surface area contributed by atoms with Gasteiger partial charge < -0.3 is 15.3 Å². The topological polar surface area (TPSA) is 69.6 Å². The van der Waals surface area contributed by atoms with Crippen LogP contribution in [0.5, 0.6) is 0 Å². The van der Waals surface area contributed by atoms with E-state index in [1.165, 1.54) is 0 Å². The summed E-state index contributed by atoms with van der Waals surface area (Å²) in [6.07, 6.45) is 3.54. The summed E-state index contributed by atoms with van der Waals surface area (Å²) in [4.78, 5) is 28.8. The zero-order valence-corrected chi connectivity index (χ0v) is 20.1. The van der Waals surface area contributed by atoms with E-state index in [4.69, 9.17) is 11.6 Å². The van der Waals surface area contributed by atoms with Crippen molar-refractivity contribution in [3.8, 4) is 0 Å². The molecule has 5 nitrogen and oxygen atoms in total. The smallest absolute Gasteiger partial charge is 0.251 e. The van der Waals surface area contributed by atoms with E-state index in [0.717, 1.165) is 31.2 Å². The average Bonchev–Trinajstić information content (AvgIpc) is 2.82. The zero-order chi connectivity index (χ0) is 23.6. The number of likely N-dealkylation sites (tertiary alicyclic amines) is 1. The summed E-state index contributed by atoms with van der Waals surface area (Å²) >= 11 is 6.12. The highest BCUT2D eigenvalue weighted by Gasteiger charge is 2.48. The number of carbonyl (C=O) groups excluding carboxylic acids is 2. The Morgan fingerprint density at radius 2 is 1.67 bits per heavy atom. The quantitative estimate of drug-likeness (QED) is 0.664. The highest BCUT2D eigenvalue weighted by Crippen LogP contribution is 2.46. The first-order valence-corrected chi connectivity index (χ1v) is 12.3. The number of halogens is 1. The third-order valence-electron chi connectivity index (χ3n) is 7.42. The van der Waals surface area contributed by atoms with Gasteiger partial charge in [-0.25, -0.2) is 0 Å². The molecule has 2 amide bonds. The molecule has 33 heavy (non-hydrogen) atoms. The number of amides is 2. The Balaban J connectivity index is 1.60. The largest absolute Gasteiger partial charge is 0.392 e. The molecule has 176 valence electrons. The van der Waals surface area contributed by atoms with Gasteiger partial charge >= 0.3 is 0 Å². The van der Waals surface area contributed by atoms with Crippen molar-refractivity contribution in [3.05, 3.63) is 70.7 Å². The molecule has 0 spiro atoms. The van der Waals surface area contributed by atoms with Crippen LogP contribution >= 0.6 is 11.6 Å². The summed E-state index contributed by atoms with van der Waals surface area (Å²) in [6, 6.07) is 16.3. The lowest BCUT2D eigenvalue weighted by Crippen LogP contribution is -2.57. The molecule has 2 aliphatic rings. The van der Waals surface area contributed by atoms with Crippen LogP contribution < -0.4 is 5.32 Å². The Labute approximate surface area is 201 Å². The number of nitrogens with one attached hydrogen (secondary N) is 1. The predicted octanol–water partition coefficient (Wildman–Crippen LogP) is 4.99. The Morgan fingerprint density at radius 3 is 2.36 bits per heavy atom. The van der Waals surface area contributed by atoms with Crippen molar-refractivity contribution in [2.45, 2.75) is 64.1 Å². The molecule has 4 atom stereocenters. The van der Waals surface area contributed by atoms with Crippen molar-refractivity contribution in [2.75, 3.05) is 6.54 Å². The van der Waals surface area contributed by atoms with E-state index >= 15 is 0 Å². The molecule has 2 aromatic carbocycles. The maximum atomic E-state index is 14.0. The summed E-state index contributed by atoms with van der Waals surface area (Å²) in [5.41, 5.74) is 1.06. The molecule has 6 heteroatoms. The maximum Gasteiger partial charge on any atom is 0.251 e. The van der Waals surface area contributed by atoms with Gasteiger partial charge in [0.1, 0.15) is 0 Å². The molecule has 2 unspecified atom stereocenters. The lowest BCUT2D eigenvalue weighted by Gasteiger charge is -2.51.